The van der Waals surface area contributed by atoms with Gasteiger partial charge in [-0.1, -0.05) is 43.9 Å². The molecule has 1 amide bonds. The zero-order valence-corrected chi connectivity index (χ0v) is 16.6. The number of nitrogens with one attached hydrogen (secondary N) is 1. The third-order valence-electron chi connectivity index (χ3n) is 5.53. The lowest BCUT2D eigenvalue weighted by atomic mass is 10.1. The minimum absolute atomic E-state index is 0.159. The zero-order valence-electron chi connectivity index (χ0n) is 16.6. The molecule has 1 aromatic heterocycles. The number of carbonyl (C=O) groups excluding carboxylic acids is 1. The van der Waals surface area contributed by atoms with Crippen LogP contribution in [0.15, 0.2) is 53.3 Å². The van der Waals surface area contributed by atoms with Crippen LogP contribution in [0.4, 0.5) is 0 Å². The van der Waals surface area contributed by atoms with Crippen molar-refractivity contribution in [2.75, 3.05) is 7.11 Å². The molecule has 2 aromatic carbocycles. The molecule has 0 radical (unpaired) electrons. The first kappa shape index (κ1) is 19.2. The van der Waals surface area contributed by atoms with E-state index < -0.39 is 0 Å². The molecular weight excluding hydrogens is 366 g/mol. The van der Waals surface area contributed by atoms with E-state index in [0.29, 0.717) is 22.2 Å². The molecule has 4 rings (SSSR count). The van der Waals surface area contributed by atoms with Crippen LogP contribution in [0.2, 0.25) is 0 Å². The van der Waals surface area contributed by atoms with E-state index in [-0.39, 0.29) is 23.2 Å². The van der Waals surface area contributed by atoms with E-state index in [1.807, 2.05) is 6.07 Å². The highest BCUT2D eigenvalue weighted by molar-refractivity contribution is 6.05. The third kappa shape index (κ3) is 4.01. The SMILES string of the molecule is COc1ccc(-n2nc(C(=O)NC3CCCCCC3)c3ccccc3c2=O)cc1. The molecule has 0 bridgehead atoms. The van der Waals surface area contributed by atoms with Crippen molar-refractivity contribution >= 4 is 16.7 Å². The van der Waals surface area contributed by atoms with E-state index in [1.54, 1.807) is 49.6 Å². The topological polar surface area (TPSA) is 73.2 Å². The Morgan fingerprint density at radius 2 is 1.66 bits per heavy atom. The van der Waals surface area contributed by atoms with Gasteiger partial charge < -0.3 is 10.1 Å². The van der Waals surface area contributed by atoms with Gasteiger partial charge in [-0.2, -0.15) is 9.78 Å². The molecule has 3 aromatic rings. The number of aromatic nitrogens is 2. The van der Waals surface area contributed by atoms with Crippen LogP contribution in [0, 0.1) is 0 Å². The summed E-state index contributed by atoms with van der Waals surface area (Å²) in [6.07, 6.45) is 6.67. The van der Waals surface area contributed by atoms with Gasteiger partial charge in [-0.15, -0.1) is 0 Å². The van der Waals surface area contributed by atoms with Crippen molar-refractivity contribution in [3.05, 3.63) is 64.6 Å². The first-order chi connectivity index (χ1) is 14.2. The Morgan fingerprint density at radius 1 is 1.00 bits per heavy atom. The van der Waals surface area contributed by atoms with Crippen molar-refractivity contribution in [3.63, 3.8) is 0 Å². The van der Waals surface area contributed by atoms with Crippen molar-refractivity contribution in [1.29, 1.82) is 0 Å². The Labute approximate surface area is 169 Å². The highest BCUT2D eigenvalue weighted by Crippen LogP contribution is 2.20. The average Bonchev–Trinajstić information content (AvgIpc) is 3.03. The summed E-state index contributed by atoms with van der Waals surface area (Å²) >= 11 is 0. The average molecular weight is 391 g/mol. The molecule has 1 aliphatic rings. The number of amides is 1. The van der Waals surface area contributed by atoms with Gasteiger partial charge in [-0.3, -0.25) is 9.59 Å². The molecule has 1 heterocycles. The van der Waals surface area contributed by atoms with Gasteiger partial charge in [0.25, 0.3) is 11.5 Å². The molecule has 6 heteroatoms. The third-order valence-corrected chi connectivity index (χ3v) is 5.53. The van der Waals surface area contributed by atoms with Crippen LogP contribution >= 0.6 is 0 Å². The first-order valence-corrected chi connectivity index (χ1v) is 10.1. The fraction of sp³-hybridized carbons (Fsp3) is 0.348. The van der Waals surface area contributed by atoms with Crippen LogP contribution in [-0.2, 0) is 0 Å². The molecule has 6 nitrogen and oxygen atoms in total. The highest BCUT2D eigenvalue weighted by atomic mass is 16.5. The van der Waals surface area contributed by atoms with Crippen LogP contribution in [0.25, 0.3) is 16.5 Å². The van der Waals surface area contributed by atoms with Gasteiger partial charge >= 0.3 is 0 Å². The normalized spacial score (nSPS) is 15.1. The van der Waals surface area contributed by atoms with Gasteiger partial charge in [0.15, 0.2) is 5.69 Å². The Bertz CT molecular complexity index is 1060. The predicted molar refractivity (Wildman–Crippen MR) is 113 cm³/mol. The second kappa shape index (κ2) is 8.47. The quantitative estimate of drug-likeness (QED) is 0.686. The van der Waals surface area contributed by atoms with E-state index in [9.17, 15) is 9.59 Å². The summed E-state index contributed by atoms with van der Waals surface area (Å²) in [5, 5.41) is 8.67. The van der Waals surface area contributed by atoms with Gasteiger partial charge in [0.1, 0.15) is 5.75 Å². The second-order valence-electron chi connectivity index (χ2n) is 7.47. The van der Waals surface area contributed by atoms with Crippen molar-refractivity contribution in [2.24, 2.45) is 0 Å². The van der Waals surface area contributed by atoms with Crippen molar-refractivity contribution in [2.45, 2.75) is 44.6 Å². The van der Waals surface area contributed by atoms with E-state index in [4.69, 9.17) is 4.74 Å². The standard InChI is InChI=1S/C23H25N3O3/c1-29-18-14-12-17(13-15-18)26-23(28)20-11-7-6-10-19(20)21(25-26)22(27)24-16-8-4-2-3-5-9-16/h6-7,10-16H,2-5,8-9H2,1H3,(H,24,27). The maximum absolute atomic E-state index is 13.1. The summed E-state index contributed by atoms with van der Waals surface area (Å²) in [6, 6.07) is 14.4. The lowest BCUT2D eigenvalue weighted by Gasteiger charge is -2.17. The van der Waals surface area contributed by atoms with Gasteiger partial charge in [-0.05, 0) is 43.2 Å². The van der Waals surface area contributed by atoms with Crippen LogP contribution in [-0.4, -0.2) is 28.8 Å². The number of methoxy groups -OCH3 is 1. The summed E-state index contributed by atoms with van der Waals surface area (Å²) in [4.78, 5) is 26.2. The molecule has 150 valence electrons. The Balaban J connectivity index is 1.77. The number of benzene rings is 2. The highest BCUT2D eigenvalue weighted by Gasteiger charge is 2.21. The zero-order chi connectivity index (χ0) is 20.2. The van der Waals surface area contributed by atoms with Gasteiger partial charge in [0.2, 0.25) is 0 Å². The summed E-state index contributed by atoms with van der Waals surface area (Å²) in [7, 11) is 1.59. The summed E-state index contributed by atoms with van der Waals surface area (Å²) in [5.74, 6) is 0.462. The monoisotopic (exact) mass is 391 g/mol. The number of carbonyl (C=O) groups is 1. The molecule has 0 unspecified atom stereocenters. The number of hydrogen-bond donors (Lipinski definition) is 1. The lowest BCUT2D eigenvalue weighted by Crippen LogP contribution is -2.36. The molecule has 1 N–H and O–H groups in total. The molecule has 1 saturated carbocycles. The number of rotatable bonds is 4. The Morgan fingerprint density at radius 3 is 2.31 bits per heavy atom. The molecule has 0 saturated heterocycles. The molecule has 29 heavy (non-hydrogen) atoms. The van der Waals surface area contributed by atoms with Gasteiger partial charge in [-0.25, -0.2) is 0 Å². The number of hydrogen-bond acceptors (Lipinski definition) is 4. The molecular formula is C23H25N3O3. The van der Waals surface area contributed by atoms with E-state index in [2.05, 4.69) is 10.4 Å². The Kier molecular flexibility index (Phi) is 5.60. The lowest BCUT2D eigenvalue weighted by molar-refractivity contribution is 0.0928. The van der Waals surface area contributed by atoms with Crippen molar-refractivity contribution in [3.8, 4) is 11.4 Å². The van der Waals surface area contributed by atoms with Crippen molar-refractivity contribution in [1.82, 2.24) is 15.1 Å². The summed E-state index contributed by atoms with van der Waals surface area (Å²) in [5.41, 5.74) is 0.613. The number of ether oxygens (including phenoxy) is 1. The van der Waals surface area contributed by atoms with E-state index in [1.165, 1.54) is 17.5 Å². The van der Waals surface area contributed by atoms with Crippen molar-refractivity contribution < 1.29 is 9.53 Å². The predicted octanol–water partition coefficient (Wildman–Crippen LogP) is 3.85. The summed E-state index contributed by atoms with van der Waals surface area (Å²) in [6.45, 7) is 0. The minimum atomic E-state index is -0.253. The fourth-order valence-electron chi connectivity index (χ4n) is 3.93. The molecule has 0 spiro atoms. The van der Waals surface area contributed by atoms with E-state index in [0.717, 1.165) is 25.7 Å². The Hall–Kier alpha value is -3.15. The number of fused-ring (bicyclic) bond motifs is 1. The molecule has 0 atom stereocenters. The largest absolute Gasteiger partial charge is 0.497 e. The van der Waals surface area contributed by atoms with Crippen LogP contribution in [0.5, 0.6) is 5.75 Å². The maximum Gasteiger partial charge on any atom is 0.279 e. The minimum Gasteiger partial charge on any atom is -0.497 e. The van der Waals surface area contributed by atoms with Gasteiger partial charge in [0, 0.05) is 11.4 Å². The second-order valence-corrected chi connectivity index (χ2v) is 7.47. The molecule has 1 aliphatic carbocycles. The van der Waals surface area contributed by atoms with Gasteiger partial charge in [0.05, 0.1) is 18.2 Å². The number of nitrogens with zero attached hydrogens (tertiary/aromatic N) is 2. The molecule has 0 aliphatic heterocycles. The van der Waals surface area contributed by atoms with E-state index >= 15 is 0 Å². The smallest absolute Gasteiger partial charge is 0.279 e. The fourth-order valence-corrected chi connectivity index (χ4v) is 3.93. The molecule has 1 fully saturated rings. The van der Waals surface area contributed by atoms with Crippen LogP contribution in [0.3, 0.4) is 0 Å². The maximum atomic E-state index is 13.1. The van der Waals surface area contributed by atoms with Crippen LogP contribution in [0.1, 0.15) is 49.0 Å². The summed E-state index contributed by atoms with van der Waals surface area (Å²) < 4.78 is 6.49. The van der Waals surface area contributed by atoms with Crippen LogP contribution < -0.4 is 15.6 Å². The first-order valence-electron chi connectivity index (χ1n) is 10.1.